The molecule has 0 radical (unpaired) electrons. The van der Waals surface area contributed by atoms with E-state index in [1.165, 1.54) is 43.5 Å². The van der Waals surface area contributed by atoms with Gasteiger partial charge in [0.05, 0.1) is 24.6 Å². The molecule has 4 amide bonds. The summed E-state index contributed by atoms with van der Waals surface area (Å²) in [5.74, 6) is -22.4. The number of phenolic OH excluding ortho intramolecular Hbond substituents is 1. The van der Waals surface area contributed by atoms with Crippen molar-refractivity contribution in [1.29, 1.82) is 0 Å². The van der Waals surface area contributed by atoms with Gasteiger partial charge in [-0.15, -0.1) is 23.2 Å². The van der Waals surface area contributed by atoms with E-state index in [0.29, 0.717) is 5.56 Å². The number of amides is 4. The van der Waals surface area contributed by atoms with E-state index in [2.05, 4.69) is 0 Å². The highest BCUT2D eigenvalue weighted by molar-refractivity contribution is 6.58. The lowest BCUT2D eigenvalue weighted by Crippen LogP contribution is -2.60. The third-order valence-corrected chi connectivity index (χ3v) is 12.0. The maximum absolute atomic E-state index is 15.2. The van der Waals surface area contributed by atoms with Gasteiger partial charge in [0.1, 0.15) is 17.2 Å². The van der Waals surface area contributed by atoms with Crippen molar-refractivity contribution in [1.82, 2.24) is 0 Å². The number of ether oxygens (including phenoxy) is 1. The van der Waals surface area contributed by atoms with Crippen molar-refractivity contribution in [2.45, 2.75) is 35.4 Å². The summed E-state index contributed by atoms with van der Waals surface area (Å²) in [6.07, 6.45) is 0.750. The molecule has 3 aromatic rings. The molecule has 2 aliphatic carbocycles. The van der Waals surface area contributed by atoms with Gasteiger partial charge in [-0.05, 0) is 61.6 Å². The third kappa shape index (κ3) is 4.29. The van der Waals surface area contributed by atoms with Gasteiger partial charge < -0.3 is 9.84 Å². The molecule has 1 saturated carbocycles. The highest BCUT2D eigenvalue weighted by Crippen LogP contribution is 2.67. The molecule has 0 spiro atoms. The van der Waals surface area contributed by atoms with Gasteiger partial charge in [-0.2, -0.15) is 0 Å². The number of rotatable bonds is 4. The van der Waals surface area contributed by atoms with Crippen LogP contribution in [-0.4, -0.2) is 45.6 Å². The van der Waals surface area contributed by atoms with Crippen LogP contribution in [0.5, 0.6) is 11.5 Å². The summed E-state index contributed by atoms with van der Waals surface area (Å²) in [5.41, 5.74) is -1.05. The minimum Gasteiger partial charge on any atom is -0.508 e. The monoisotopic (exact) mass is 754 g/mol. The highest BCUT2D eigenvalue weighted by atomic mass is 35.5. The number of carbonyl (C=O) groups is 4. The summed E-state index contributed by atoms with van der Waals surface area (Å²) in [5, 5.41) is 11.4. The van der Waals surface area contributed by atoms with Gasteiger partial charge in [0, 0.05) is 16.5 Å². The number of allylic oxidation sites excluding steroid dienone is 2. The lowest BCUT2D eigenvalue weighted by Gasteiger charge is -2.50. The lowest BCUT2D eigenvalue weighted by molar-refractivity contribution is -0.125. The summed E-state index contributed by atoms with van der Waals surface area (Å²) < 4.78 is 78.6. The summed E-state index contributed by atoms with van der Waals surface area (Å²) in [4.78, 5) is 51.8. The number of aromatic hydroxyl groups is 1. The molecule has 2 aliphatic heterocycles. The Labute approximate surface area is 294 Å². The minimum absolute atomic E-state index is 0.0792. The van der Waals surface area contributed by atoms with Gasteiger partial charge in [0.25, 0.3) is 11.8 Å². The van der Waals surface area contributed by atoms with Crippen LogP contribution in [0.2, 0.25) is 5.02 Å². The average molecular weight is 756 g/mol. The molecule has 16 heteroatoms. The van der Waals surface area contributed by atoms with Crippen LogP contribution in [0, 0.1) is 53.8 Å². The number of imide groups is 2. The largest absolute Gasteiger partial charge is 0.508 e. The van der Waals surface area contributed by atoms with Gasteiger partial charge in [0.2, 0.25) is 17.6 Å². The Kier molecular flexibility index (Phi) is 7.82. The molecular weight excluding hydrogens is 734 g/mol. The number of alkyl halides is 2. The summed E-state index contributed by atoms with van der Waals surface area (Å²) >= 11 is 20.5. The Bertz CT molecular complexity index is 2100. The zero-order valence-corrected chi connectivity index (χ0v) is 27.9. The first-order valence-electron chi connectivity index (χ1n) is 15.0. The van der Waals surface area contributed by atoms with Crippen molar-refractivity contribution >= 4 is 69.8 Å². The molecular formula is C34H22Cl3F5N2O6. The van der Waals surface area contributed by atoms with Crippen molar-refractivity contribution in [3.05, 3.63) is 93.3 Å². The predicted molar refractivity (Wildman–Crippen MR) is 170 cm³/mol. The van der Waals surface area contributed by atoms with Crippen molar-refractivity contribution < 1.29 is 51.0 Å². The van der Waals surface area contributed by atoms with Crippen LogP contribution in [-0.2, 0) is 19.2 Å². The fourth-order valence-electron chi connectivity index (χ4n) is 7.78. The lowest BCUT2D eigenvalue weighted by atomic mass is 9.56. The average Bonchev–Trinajstić information content (AvgIpc) is 3.43. The quantitative estimate of drug-likeness (QED) is 0.0783. The SMILES string of the molecule is COc1ccc(O)c([C@H]2C3=CC[C@@H]4C(=O)N(c5ccc(C)c(Cl)c5)C(=O)[C@@H]4[C@@H]3C[C@@]3(Cl)C(=O)N(c4c(F)c(F)c(F)c(F)c4F)C(=O)[C@@]23Cl)c1. The first-order chi connectivity index (χ1) is 23.5. The Balaban J connectivity index is 1.44. The second kappa shape index (κ2) is 11.4. The van der Waals surface area contributed by atoms with E-state index in [0.717, 1.165) is 4.90 Å². The second-order valence-corrected chi connectivity index (χ2v) is 14.2. The topological polar surface area (TPSA) is 104 Å². The number of fused-ring (bicyclic) bond motifs is 4. The van der Waals surface area contributed by atoms with E-state index < -0.39 is 104 Å². The van der Waals surface area contributed by atoms with E-state index in [9.17, 15) is 37.5 Å². The van der Waals surface area contributed by atoms with Crippen LogP contribution in [0.4, 0.5) is 33.3 Å². The fourth-order valence-corrected chi connectivity index (χ4v) is 8.88. The van der Waals surface area contributed by atoms with Gasteiger partial charge >= 0.3 is 0 Å². The van der Waals surface area contributed by atoms with Crippen molar-refractivity contribution in [2.75, 3.05) is 16.9 Å². The maximum Gasteiger partial charge on any atom is 0.258 e. The molecule has 7 rings (SSSR count). The molecule has 3 fully saturated rings. The van der Waals surface area contributed by atoms with Gasteiger partial charge in [-0.25, -0.2) is 31.8 Å². The smallest absolute Gasteiger partial charge is 0.258 e. The van der Waals surface area contributed by atoms with E-state index in [1.54, 1.807) is 13.0 Å². The zero-order valence-electron chi connectivity index (χ0n) is 25.7. The zero-order chi connectivity index (χ0) is 36.4. The molecule has 0 unspecified atom stereocenters. The molecule has 2 heterocycles. The van der Waals surface area contributed by atoms with Crippen LogP contribution in [0.25, 0.3) is 0 Å². The van der Waals surface area contributed by atoms with E-state index >= 15 is 8.78 Å². The van der Waals surface area contributed by atoms with E-state index in [-0.39, 0.29) is 38.9 Å². The number of carbonyl (C=O) groups excluding carboxylic acids is 4. The Morgan fingerprint density at radius 1 is 0.840 bits per heavy atom. The summed E-state index contributed by atoms with van der Waals surface area (Å²) in [7, 11) is 1.29. The van der Waals surface area contributed by atoms with Crippen molar-refractivity contribution in [3.8, 4) is 11.5 Å². The number of anilines is 2. The van der Waals surface area contributed by atoms with Crippen LogP contribution < -0.4 is 14.5 Å². The minimum atomic E-state index is -2.79. The summed E-state index contributed by atoms with van der Waals surface area (Å²) in [6.45, 7) is 1.72. The van der Waals surface area contributed by atoms with Crippen LogP contribution in [0.1, 0.15) is 29.9 Å². The molecule has 1 N–H and O–H groups in total. The van der Waals surface area contributed by atoms with Gasteiger partial charge in [0.15, 0.2) is 33.0 Å². The van der Waals surface area contributed by atoms with Crippen molar-refractivity contribution in [3.63, 3.8) is 0 Å². The maximum atomic E-state index is 15.2. The Morgan fingerprint density at radius 2 is 1.48 bits per heavy atom. The first-order valence-corrected chi connectivity index (χ1v) is 16.1. The number of aryl methyl sites for hydroxylation is 1. The van der Waals surface area contributed by atoms with Crippen LogP contribution >= 0.6 is 34.8 Å². The predicted octanol–water partition coefficient (Wildman–Crippen LogP) is 6.83. The third-order valence-electron chi connectivity index (χ3n) is 10.2. The van der Waals surface area contributed by atoms with Gasteiger partial charge in [-0.3, -0.25) is 19.2 Å². The summed E-state index contributed by atoms with van der Waals surface area (Å²) in [6, 6.07) is 8.36. The highest BCUT2D eigenvalue weighted by Gasteiger charge is 2.77. The molecule has 260 valence electrons. The standard InChI is InChI=1S/C34H22Cl3F5N2O6/c1-12-3-4-13(9-19(12)35)43-29(46)16-7-6-15-18(21(16)30(43)47)11-33(36)31(48)44(28-26(41)24(39)23(38)25(40)27(28)42)32(49)34(33,37)22(15)17-10-14(50-2)5-8-20(17)45/h3-6,8-10,16,18,21-22,45H,7,11H2,1-2H3/t16-,18+,21-,22+,33+,34-/m0/s1. The second-order valence-electron chi connectivity index (χ2n) is 12.6. The molecule has 6 atom stereocenters. The number of benzene rings is 3. The molecule has 50 heavy (non-hydrogen) atoms. The molecule has 2 saturated heterocycles. The molecule has 3 aromatic carbocycles. The van der Waals surface area contributed by atoms with E-state index in [4.69, 9.17) is 39.5 Å². The number of halogens is 8. The fraction of sp³-hybridized carbons (Fsp3) is 0.294. The van der Waals surface area contributed by atoms with E-state index in [1.807, 2.05) is 0 Å². The van der Waals surface area contributed by atoms with Crippen molar-refractivity contribution in [2.24, 2.45) is 17.8 Å². The number of phenols is 1. The molecule has 0 bridgehead atoms. The molecule has 8 nitrogen and oxygen atoms in total. The molecule has 0 aromatic heterocycles. The Morgan fingerprint density at radius 3 is 2.10 bits per heavy atom. The first kappa shape index (κ1) is 34.3. The molecule has 4 aliphatic rings. The van der Waals surface area contributed by atoms with Crippen LogP contribution in [0.3, 0.4) is 0 Å². The number of methoxy groups -OCH3 is 1. The Hall–Kier alpha value is -4.20. The number of hydrogen-bond acceptors (Lipinski definition) is 6. The van der Waals surface area contributed by atoms with Crippen LogP contribution in [0.15, 0.2) is 48.0 Å². The normalized spacial score (nSPS) is 28.9. The number of hydrogen-bond donors (Lipinski definition) is 1. The van der Waals surface area contributed by atoms with Gasteiger partial charge in [-0.1, -0.05) is 29.3 Å². The number of nitrogens with zero attached hydrogens (tertiary/aromatic N) is 2.